The summed E-state index contributed by atoms with van der Waals surface area (Å²) in [6.45, 7) is 32.7. The number of hydrogen-bond donors (Lipinski definition) is 0. The molecule has 0 bridgehead atoms. The van der Waals surface area contributed by atoms with Gasteiger partial charge in [-0.15, -0.1) is 0 Å². The Morgan fingerprint density at radius 3 is 0.578 bits per heavy atom. The molecule has 0 amide bonds. The van der Waals surface area contributed by atoms with Crippen molar-refractivity contribution in [2.75, 3.05) is 39.3 Å². The molecule has 0 aromatic heterocycles. The van der Waals surface area contributed by atoms with Crippen molar-refractivity contribution in [1.29, 1.82) is 0 Å². The van der Waals surface area contributed by atoms with Gasteiger partial charge in [-0.2, -0.15) is 0 Å². The molecule has 0 aliphatic heterocycles. The van der Waals surface area contributed by atoms with Crippen molar-refractivity contribution in [3.63, 3.8) is 0 Å². The van der Waals surface area contributed by atoms with E-state index in [1.54, 1.807) is 0 Å². The predicted molar refractivity (Wildman–Crippen MR) is 284 cm³/mol. The van der Waals surface area contributed by atoms with E-state index in [4.69, 9.17) is 15.0 Å². The van der Waals surface area contributed by atoms with Crippen LogP contribution in [0.2, 0.25) is 0 Å². The van der Waals surface area contributed by atoms with Crippen LogP contribution in [-0.4, -0.2) is 66.5 Å². The first-order chi connectivity index (χ1) is 31.1. The molecule has 0 saturated heterocycles. The van der Waals surface area contributed by atoms with Gasteiger partial charge in [-0.05, 0) is 123 Å². The van der Waals surface area contributed by atoms with Gasteiger partial charge in [0.1, 0.15) is 0 Å². The second-order valence-electron chi connectivity index (χ2n) is 20.9. The zero-order valence-corrected chi connectivity index (χ0v) is 46.3. The number of carbonyl (C=O) groups excluding carboxylic acids is 1. The first-order valence-corrected chi connectivity index (χ1v) is 29.7. The van der Waals surface area contributed by atoms with E-state index in [2.05, 4.69) is 69.2 Å². The van der Waals surface area contributed by atoms with Crippen molar-refractivity contribution >= 4 is 6.16 Å². The highest BCUT2D eigenvalue weighted by atomic mass is 16.6. The lowest BCUT2D eigenvalue weighted by Gasteiger charge is -2.45. The number of unbranched alkanes of at least 4 members (excludes halogenated alkanes) is 30. The highest BCUT2D eigenvalue weighted by Crippen LogP contribution is 2.27. The van der Waals surface area contributed by atoms with Crippen LogP contribution in [0.25, 0.3) is 0 Å². The van der Waals surface area contributed by atoms with Crippen molar-refractivity contribution in [2.24, 2.45) is 0 Å². The summed E-state index contributed by atoms with van der Waals surface area (Å²) in [7, 11) is 0. The lowest BCUT2D eigenvalue weighted by molar-refractivity contribution is -0.950. The van der Waals surface area contributed by atoms with Crippen LogP contribution in [-0.2, 0) is 0 Å². The van der Waals surface area contributed by atoms with Gasteiger partial charge in [0.05, 0.1) is 51.4 Å². The average molecular weight is 910 g/mol. The van der Waals surface area contributed by atoms with Crippen molar-refractivity contribution in [3.05, 3.63) is 0 Å². The molecule has 0 fully saturated rings. The molecule has 64 heavy (non-hydrogen) atoms. The Morgan fingerprint density at radius 1 is 0.281 bits per heavy atom. The van der Waals surface area contributed by atoms with Gasteiger partial charge in [0, 0.05) is 0 Å². The summed E-state index contributed by atoms with van der Waals surface area (Å²) in [5.41, 5.74) is 0. The highest BCUT2D eigenvalue weighted by Gasteiger charge is 2.33. The third-order valence-electron chi connectivity index (χ3n) is 15.1. The van der Waals surface area contributed by atoms with Gasteiger partial charge >= 0.3 is 0 Å². The zero-order valence-electron chi connectivity index (χ0n) is 46.3. The number of hydrogen-bond acceptors (Lipinski definition) is 3. The largest absolute Gasteiger partial charge is 0.652 e. The Morgan fingerprint density at radius 2 is 0.422 bits per heavy atom. The van der Waals surface area contributed by atoms with Crippen molar-refractivity contribution in [2.45, 2.75) is 338 Å². The first-order valence-electron chi connectivity index (χ1n) is 29.7. The van der Waals surface area contributed by atoms with Crippen molar-refractivity contribution in [1.82, 2.24) is 0 Å². The molecular formula is C59H124N2O3. The van der Waals surface area contributed by atoms with Gasteiger partial charge in [0.15, 0.2) is 0 Å². The standard InChI is InChI=1S/2C29H62N.CH2O3/c2*1-6-10-14-18-22-26-30(27-23-19-15-11-7-2,28-24-20-16-12-8-3)29(5)25-21-17-13-9-4;2-1(3)4/h2*29H,6-28H2,1-5H3;(H2,2,3,4)/q2*+1;/p-2. The Hall–Kier alpha value is -0.810. The molecule has 5 nitrogen and oxygen atoms in total. The van der Waals surface area contributed by atoms with E-state index in [0.717, 1.165) is 12.1 Å². The molecule has 0 aromatic carbocycles. The predicted octanol–water partition coefficient (Wildman–Crippen LogP) is 17.7. The minimum Gasteiger partial charge on any atom is -0.652 e. The Bertz CT molecular complexity index is 740. The minimum atomic E-state index is -2.33. The molecule has 0 aromatic rings. The molecule has 2 atom stereocenters. The molecule has 0 rings (SSSR count). The summed E-state index contributed by atoms with van der Waals surface area (Å²) in [5.74, 6) is 0. The third kappa shape index (κ3) is 43.7. The van der Waals surface area contributed by atoms with Crippen LogP contribution in [0.1, 0.15) is 326 Å². The maximum atomic E-state index is 8.33. The Kier molecular flexibility index (Phi) is 56.0. The normalized spacial score (nSPS) is 12.7. The molecular weight excluding hydrogens is 785 g/mol. The van der Waals surface area contributed by atoms with Crippen molar-refractivity contribution in [3.8, 4) is 0 Å². The molecule has 0 N–H and O–H groups in total. The molecule has 5 heteroatoms. The minimum absolute atomic E-state index is 0.866. The topological polar surface area (TPSA) is 63.2 Å². The molecule has 388 valence electrons. The van der Waals surface area contributed by atoms with Crippen LogP contribution in [0.5, 0.6) is 0 Å². The molecule has 0 radical (unpaired) electrons. The summed E-state index contributed by atoms with van der Waals surface area (Å²) in [5, 5.41) is 16.7. The lowest BCUT2D eigenvalue weighted by Crippen LogP contribution is -2.56. The monoisotopic (exact) mass is 909 g/mol. The second-order valence-corrected chi connectivity index (χ2v) is 20.9. The molecule has 0 aliphatic carbocycles. The van der Waals surface area contributed by atoms with E-state index in [0.29, 0.717) is 0 Å². The SMILES string of the molecule is CCCCCCC[N+](CCCCCCC)(CCCCCCC)C(C)CCCCCC.CCCCCCC[N+](CCCCCCC)(CCCCCCC)C(C)CCCCCC.O=C([O-])[O-]. The van der Waals surface area contributed by atoms with Gasteiger partial charge in [0.2, 0.25) is 0 Å². The zero-order chi connectivity index (χ0) is 48.3. The highest BCUT2D eigenvalue weighted by molar-refractivity contribution is 5.47. The smallest absolute Gasteiger partial charge is 0.0861 e. The Balaban J connectivity index is -0.00000107. The second kappa shape index (κ2) is 53.1. The fourth-order valence-electron chi connectivity index (χ4n) is 10.5. The summed E-state index contributed by atoms with van der Waals surface area (Å²) >= 11 is 0. The first kappa shape index (κ1) is 67.5. The number of rotatable bonds is 48. The maximum Gasteiger partial charge on any atom is 0.0861 e. The van der Waals surface area contributed by atoms with Crippen LogP contribution >= 0.6 is 0 Å². The van der Waals surface area contributed by atoms with Crippen LogP contribution in [0.4, 0.5) is 4.79 Å². The van der Waals surface area contributed by atoms with Crippen LogP contribution in [0.3, 0.4) is 0 Å². The van der Waals surface area contributed by atoms with Gasteiger partial charge in [0.25, 0.3) is 0 Å². The van der Waals surface area contributed by atoms with E-state index >= 15 is 0 Å². The third-order valence-corrected chi connectivity index (χ3v) is 15.1. The van der Waals surface area contributed by atoms with Gasteiger partial charge < -0.3 is 24.0 Å². The summed E-state index contributed by atoms with van der Waals surface area (Å²) in [4.78, 5) is 8.33. The Labute approximate surface area is 406 Å². The van der Waals surface area contributed by atoms with Crippen LogP contribution in [0, 0.1) is 0 Å². The van der Waals surface area contributed by atoms with Gasteiger partial charge in [-0.1, -0.05) is 209 Å². The fraction of sp³-hybridized carbons (Fsp3) is 0.983. The molecule has 2 unspecified atom stereocenters. The quantitative estimate of drug-likeness (QED) is 0.0451. The van der Waals surface area contributed by atoms with Crippen LogP contribution in [0.15, 0.2) is 0 Å². The number of carboxylic acid groups (broad SMARTS) is 2. The summed E-state index contributed by atoms with van der Waals surface area (Å²) < 4.78 is 2.91. The lowest BCUT2D eigenvalue weighted by atomic mass is 10.00. The van der Waals surface area contributed by atoms with E-state index in [9.17, 15) is 0 Å². The number of quaternary nitrogens is 2. The average Bonchev–Trinajstić information content (AvgIpc) is 3.28. The number of nitrogens with zero attached hydrogens (tertiary/aromatic N) is 2. The molecule has 0 heterocycles. The summed E-state index contributed by atoms with van der Waals surface area (Å²) in [6, 6.07) is 1.73. The summed E-state index contributed by atoms with van der Waals surface area (Å²) in [6.07, 6.45) is 55.0. The van der Waals surface area contributed by atoms with Gasteiger partial charge in [-0.3, -0.25) is 0 Å². The van der Waals surface area contributed by atoms with E-state index in [1.807, 2.05) is 0 Å². The molecule has 0 aliphatic rings. The van der Waals surface area contributed by atoms with E-state index in [-0.39, 0.29) is 0 Å². The molecule has 0 spiro atoms. The van der Waals surface area contributed by atoms with E-state index < -0.39 is 6.16 Å². The van der Waals surface area contributed by atoms with Crippen molar-refractivity contribution < 1.29 is 24.0 Å². The van der Waals surface area contributed by atoms with Gasteiger partial charge in [-0.25, -0.2) is 0 Å². The number of carbonyl (C=O) groups is 1. The molecule has 0 saturated carbocycles. The van der Waals surface area contributed by atoms with Crippen LogP contribution < -0.4 is 10.2 Å². The maximum absolute atomic E-state index is 8.33. The van der Waals surface area contributed by atoms with E-state index in [1.165, 1.54) is 305 Å². The fourth-order valence-corrected chi connectivity index (χ4v) is 10.5.